The predicted molar refractivity (Wildman–Crippen MR) is 86.0 cm³/mol. The van der Waals surface area contributed by atoms with Crippen LogP contribution < -0.4 is 15.5 Å². The highest BCUT2D eigenvalue weighted by atomic mass is 19.1. The van der Waals surface area contributed by atoms with Gasteiger partial charge in [-0.05, 0) is 37.5 Å². The number of hydrogen-bond acceptors (Lipinski definition) is 3. The maximum absolute atomic E-state index is 13.8. The predicted octanol–water partition coefficient (Wildman–Crippen LogP) is 2.97. The third kappa shape index (κ3) is 4.59. The molecule has 1 heterocycles. The molecule has 1 aliphatic heterocycles. The summed E-state index contributed by atoms with van der Waals surface area (Å²) in [6.07, 6.45) is 3.01. The summed E-state index contributed by atoms with van der Waals surface area (Å²) in [5.74, 6) is -0.344. The molecule has 2 amide bonds. The Hall–Kier alpha value is -1.82. The Balaban J connectivity index is 2.00. The molecule has 0 aromatic heterocycles. The minimum Gasteiger partial charge on any atom is -0.383 e. The van der Waals surface area contributed by atoms with E-state index >= 15 is 0 Å². The zero-order valence-corrected chi connectivity index (χ0v) is 13.2. The van der Waals surface area contributed by atoms with Gasteiger partial charge < -0.3 is 20.3 Å². The summed E-state index contributed by atoms with van der Waals surface area (Å²) in [4.78, 5) is 14.1. The van der Waals surface area contributed by atoms with E-state index in [0.29, 0.717) is 12.3 Å². The van der Waals surface area contributed by atoms with Crippen LogP contribution in [0.25, 0.3) is 0 Å². The highest BCUT2D eigenvalue weighted by molar-refractivity contribution is 5.90. The third-order valence-corrected chi connectivity index (χ3v) is 3.81. The second-order valence-electron chi connectivity index (χ2n) is 5.55. The van der Waals surface area contributed by atoms with Gasteiger partial charge in [-0.3, -0.25) is 0 Å². The van der Waals surface area contributed by atoms with Gasteiger partial charge in [0.2, 0.25) is 0 Å². The number of urea groups is 1. The lowest BCUT2D eigenvalue weighted by atomic mass is 10.2. The van der Waals surface area contributed by atoms with Crippen LogP contribution in [0.1, 0.15) is 26.2 Å². The van der Waals surface area contributed by atoms with E-state index in [1.807, 2.05) is 13.0 Å². The summed E-state index contributed by atoms with van der Waals surface area (Å²) in [5, 5.41) is 5.51. The molecule has 1 saturated heterocycles. The van der Waals surface area contributed by atoms with Crippen LogP contribution in [0.3, 0.4) is 0 Å². The molecule has 2 rings (SSSR count). The molecule has 0 unspecified atom stereocenters. The number of ether oxygens (including phenoxy) is 1. The number of halogens is 1. The fraction of sp³-hybridized carbons (Fsp3) is 0.562. The molecule has 0 aliphatic carbocycles. The van der Waals surface area contributed by atoms with E-state index in [9.17, 15) is 9.18 Å². The van der Waals surface area contributed by atoms with E-state index in [0.717, 1.165) is 38.0 Å². The van der Waals surface area contributed by atoms with Crippen molar-refractivity contribution in [3.63, 3.8) is 0 Å². The van der Waals surface area contributed by atoms with Gasteiger partial charge >= 0.3 is 6.03 Å². The van der Waals surface area contributed by atoms with Crippen molar-refractivity contribution in [2.24, 2.45) is 0 Å². The third-order valence-electron chi connectivity index (χ3n) is 3.81. The highest BCUT2D eigenvalue weighted by Gasteiger charge is 2.15. The SMILES string of the molecule is CC[C@@H](COC)NC(=O)Nc1cc(F)cc(N2CCCC2)c1. The summed E-state index contributed by atoms with van der Waals surface area (Å²) >= 11 is 0. The van der Waals surface area contributed by atoms with Crippen molar-refractivity contribution in [2.45, 2.75) is 32.2 Å². The van der Waals surface area contributed by atoms with E-state index in [1.165, 1.54) is 12.1 Å². The molecule has 5 nitrogen and oxygen atoms in total. The first-order valence-electron chi connectivity index (χ1n) is 7.74. The molecular weight excluding hydrogens is 285 g/mol. The van der Waals surface area contributed by atoms with Gasteiger partial charge in [-0.1, -0.05) is 6.92 Å². The second kappa shape index (κ2) is 7.98. The number of methoxy groups -OCH3 is 1. The minimum atomic E-state index is -0.345. The van der Waals surface area contributed by atoms with Crippen LogP contribution in [0.5, 0.6) is 0 Å². The van der Waals surface area contributed by atoms with Crippen LogP contribution in [-0.2, 0) is 4.74 Å². The lowest BCUT2D eigenvalue weighted by Crippen LogP contribution is -2.40. The Labute approximate surface area is 130 Å². The summed E-state index contributed by atoms with van der Waals surface area (Å²) in [6, 6.07) is 4.24. The topological polar surface area (TPSA) is 53.6 Å². The minimum absolute atomic E-state index is 0.0587. The second-order valence-corrected chi connectivity index (χ2v) is 5.55. The van der Waals surface area contributed by atoms with Crippen LogP contribution in [0, 0.1) is 5.82 Å². The normalized spacial score (nSPS) is 15.7. The molecule has 0 bridgehead atoms. The van der Waals surface area contributed by atoms with Gasteiger partial charge in [0.15, 0.2) is 0 Å². The van der Waals surface area contributed by atoms with Gasteiger partial charge in [0.1, 0.15) is 5.82 Å². The maximum atomic E-state index is 13.8. The first-order chi connectivity index (χ1) is 10.6. The molecule has 22 heavy (non-hydrogen) atoms. The number of carbonyl (C=O) groups excluding carboxylic acids is 1. The number of hydrogen-bond donors (Lipinski definition) is 2. The van der Waals surface area contributed by atoms with Crippen molar-refractivity contribution in [3.05, 3.63) is 24.0 Å². The zero-order valence-electron chi connectivity index (χ0n) is 13.2. The molecule has 1 fully saturated rings. The van der Waals surface area contributed by atoms with Crippen LogP contribution in [-0.4, -0.2) is 38.9 Å². The number of nitrogens with one attached hydrogen (secondary N) is 2. The molecule has 1 atom stereocenters. The summed E-state index contributed by atoms with van der Waals surface area (Å²) in [7, 11) is 1.59. The largest absolute Gasteiger partial charge is 0.383 e. The molecule has 0 radical (unpaired) electrons. The summed E-state index contributed by atoms with van der Waals surface area (Å²) in [6.45, 7) is 4.28. The van der Waals surface area contributed by atoms with Gasteiger partial charge in [-0.25, -0.2) is 9.18 Å². The molecule has 1 aliphatic rings. The molecule has 1 aromatic carbocycles. The van der Waals surface area contributed by atoms with Crippen LogP contribution >= 0.6 is 0 Å². The molecule has 122 valence electrons. The van der Waals surface area contributed by atoms with Crippen LogP contribution in [0.15, 0.2) is 18.2 Å². The number of rotatable bonds is 6. The monoisotopic (exact) mass is 309 g/mol. The van der Waals surface area contributed by atoms with E-state index in [1.54, 1.807) is 7.11 Å². The fourth-order valence-corrected chi connectivity index (χ4v) is 2.62. The maximum Gasteiger partial charge on any atom is 0.319 e. The summed E-state index contributed by atoms with van der Waals surface area (Å²) < 4.78 is 18.8. The Kier molecular flexibility index (Phi) is 6.00. The van der Waals surface area contributed by atoms with Crippen molar-refractivity contribution < 1.29 is 13.9 Å². The first-order valence-corrected chi connectivity index (χ1v) is 7.74. The van der Waals surface area contributed by atoms with Gasteiger partial charge in [0.25, 0.3) is 0 Å². The lowest BCUT2D eigenvalue weighted by Gasteiger charge is -2.20. The van der Waals surface area contributed by atoms with Crippen LogP contribution in [0.2, 0.25) is 0 Å². The Morgan fingerprint density at radius 2 is 2.09 bits per heavy atom. The molecular formula is C16H24FN3O2. The number of anilines is 2. The Bertz CT molecular complexity index is 504. The number of nitrogens with zero attached hydrogens (tertiary/aromatic N) is 1. The smallest absolute Gasteiger partial charge is 0.319 e. The standard InChI is InChI=1S/C16H24FN3O2/c1-3-13(11-22-2)18-16(21)19-14-8-12(17)9-15(10-14)20-6-4-5-7-20/h8-10,13H,3-7,11H2,1-2H3,(H2,18,19,21)/t13-/m0/s1. The van der Waals surface area contributed by atoms with E-state index in [4.69, 9.17) is 4.74 Å². The molecule has 1 aromatic rings. The van der Waals surface area contributed by atoms with Gasteiger partial charge in [-0.2, -0.15) is 0 Å². The lowest BCUT2D eigenvalue weighted by molar-refractivity contribution is 0.165. The fourth-order valence-electron chi connectivity index (χ4n) is 2.62. The quantitative estimate of drug-likeness (QED) is 0.849. The van der Waals surface area contributed by atoms with E-state index < -0.39 is 0 Å². The Morgan fingerprint density at radius 1 is 1.36 bits per heavy atom. The average Bonchev–Trinajstić information content (AvgIpc) is 3.00. The van der Waals surface area contributed by atoms with Gasteiger partial charge in [0, 0.05) is 31.6 Å². The number of benzene rings is 1. The molecule has 6 heteroatoms. The first kappa shape index (κ1) is 16.5. The van der Waals surface area contributed by atoms with Crippen molar-refractivity contribution in [1.29, 1.82) is 0 Å². The summed E-state index contributed by atoms with van der Waals surface area (Å²) in [5.41, 5.74) is 1.28. The molecule has 0 spiro atoms. The van der Waals surface area contributed by atoms with Gasteiger partial charge in [-0.15, -0.1) is 0 Å². The van der Waals surface area contributed by atoms with Crippen molar-refractivity contribution in [2.75, 3.05) is 37.0 Å². The average molecular weight is 309 g/mol. The number of carbonyl (C=O) groups is 1. The van der Waals surface area contributed by atoms with Crippen LogP contribution in [0.4, 0.5) is 20.6 Å². The highest BCUT2D eigenvalue weighted by Crippen LogP contribution is 2.25. The van der Waals surface area contributed by atoms with Crippen molar-refractivity contribution in [3.8, 4) is 0 Å². The zero-order chi connectivity index (χ0) is 15.9. The van der Waals surface area contributed by atoms with E-state index in [2.05, 4.69) is 15.5 Å². The van der Waals surface area contributed by atoms with Crippen molar-refractivity contribution in [1.82, 2.24) is 5.32 Å². The van der Waals surface area contributed by atoms with E-state index in [-0.39, 0.29) is 17.9 Å². The molecule has 2 N–H and O–H groups in total. The Morgan fingerprint density at radius 3 is 2.73 bits per heavy atom. The van der Waals surface area contributed by atoms with Crippen molar-refractivity contribution >= 4 is 17.4 Å². The number of amides is 2. The van der Waals surface area contributed by atoms with Gasteiger partial charge in [0.05, 0.1) is 12.6 Å². The molecule has 0 saturated carbocycles.